The number of hydrogen-bond donors (Lipinski definition) is 2. The average molecular weight is 257 g/mol. The van der Waals surface area contributed by atoms with E-state index >= 15 is 0 Å². The van der Waals surface area contributed by atoms with E-state index in [1.54, 1.807) is 6.07 Å². The number of benzene rings is 1. The Morgan fingerprint density at radius 2 is 2.11 bits per heavy atom. The van der Waals surface area contributed by atoms with E-state index in [0.29, 0.717) is 5.69 Å². The molecule has 1 aliphatic carbocycles. The third-order valence-electron chi connectivity index (χ3n) is 2.75. The number of anilines is 1. The van der Waals surface area contributed by atoms with E-state index in [1.807, 2.05) is 0 Å². The summed E-state index contributed by atoms with van der Waals surface area (Å²) in [5.74, 6) is -1.12. The molecular formula is C13H8FN3O2. The first-order chi connectivity index (χ1) is 9.15. The third-order valence-corrected chi connectivity index (χ3v) is 2.75. The van der Waals surface area contributed by atoms with Crippen molar-refractivity contribution in [1.82, 2.24) is 10.2 Å². The highest BCUT2D eigenvalue weighted by Crippen LogP contribution is 2.21. The zero-order valence-corrected chi connectivity index (χ0v) is 9.61. The molecule has 0 unspecified atom stereocenters. The summed E-state index contributed by atoms with van der Waals surface area (Å²) in [5.41, 5.74) is 0.894. The van der Waals surface area contributed by atoms with Crippen LogP contribution in [0.2, 0.25) is 0 Å². The molecule has 0 bridgehead atoms. The highest BCUT2D eigenvalue weighted by molar-refractivity contribution is 6.24. The lowest BCUT2D eigenvalue weighted by molar-refractivity contribution is 0.0983. The molecular weight excluding hydrogens is 249 g/mol. The first-order valence-corrected chi connectivity index (χ1v) is 5.52. The number of halogens is 1. The zero-order chi connectivity index (χ0) is 13.4. The summed E-state index contributed by atoms with van der Waals surface area (Å²) >= 11 is 0. The second-order valence-corrected chi connectivity index (χ2v) is 4.05. The minimum absolute atomic E-state index is 0.101. The molecule has 1 heterocycles. The van der Waals surface area contributed by atoms with Gasteiger partial charge in [-0.25, -0.2) is 4.39 Å². The lowest BCUT2D eigenvalue weighted by atomic mass is 9.99. The van der Waals surface area contributed by atoms with Gasteiger partial charge in [0.25, 0.3) is 0 Å². The van der Waals surface area contributed by atoms with Gasteiger partial charge in [0.05, 0.1) is 17.5 Å². The summed E-state index contributed by atoms with van der Waals surface area (Å²) in [6.45, 7) is 0. The fourth-order valence-electron chi connectivity index (χ4n) is 1.87. The number of rotatable bonds is 2. The molecule has 1 aromatic heterocycles. The van der Waals surface area contributed by atoms with Crippen LogP contribution in [0, 0.1) is 5.82 Å². The van der Waals surface area contributed by atoms with Gasteiger partial charge in [-0.05, 0) is 18.2 Å². The van der Waals surface area contributed by atoms with Crippen molar-refractivity contribution >= 4 is 17.3 Å². The minimum atomic E-state index is -0.427. The molecule has 0 saturated carbocycles. The van der Waals surface area contributed by atoms with Crippen molar-refractivity contribution in [2.24, 2.45) is 0 Å². The fraction of sp³-hybridized carbons (Fsp3) is 0. The second-order valence-electron chi connectivity index (χ2n) is 4.05. The molecule has 0 atom stereocenters. The number of H-pyrrole nitrogens is 1. The van der Waals surface area contributed by atoms with Crippen LogP contribution in [-0.4, -0.2) is 21.8 Å². The molecule has 94 valence electrons. The van der Waals surface area contributed by atoms with Crippen LogP contribution in [0.15, 0.2) is 42.2 Å². The molecule has 2 N–H and O–H groups in total. The summed E-state index contributed by atoms with van der Waals surface area (Å²) in [6.07, 6.45) is 2.48. The number of aromatic nitrogens is 2. The van der Waals surface area contributed by atoms with Gasteiger partial charge in [-0.3, -0.25) is 14.7 Å². The summed E-state index contributed by atoms with van der Waals surface area (Å²) in [6, 6.07) is 5.65. The van der Waals surface area contributed by atoms with Gasteiger partial charge in [-0.2, -0.15) is 5.10 Å². The van der Waals surface area contributed by atoms with Crippen molar-refractivity contribution in [1.29, 1.82) is 0 Å². The molecule has 3 rings (SSSR count). The Kier molecular flexibility index (Phi) is 2.49. The van der Waals surface area contributed by atoms with Crippen molar-refractivity contribution in [2.45, 2.75) is 0 Å². The summed E-state index contributed by atoms with van der Waals surface area (Å²) in [4.78, 5) is 23.8. The van der Waals surface area contributed by atoms with E-state index in [2.05, 4.69) is 15.5 Å². The van der Waals surface area contributed by atoms with Crippen LogP contribution in [0.25, 0.3) is 0 Å². The number of ketones is 2. The van der Waals surface area contributed by atoms with Crippen molar-refractivity contribution < 1.29 is 14.0 Å². The number of allylic oxidation sites excluding steroid dienone is 2. The topological polar surface area (TPSA) is 74.8 Å². The number of carbonyl (C=O) groups is 2. The molecule has 6 heteroatoms. The van der Waals surface area contributed by atoms with Crippen LogP contribution in [0.1, 0.15) is 20.8 Å². The van der Waals surface area contributed by atoms with Crippen molar-refractivity contribution in [2.75, 3.05) is 5.32 Å². The number of nitrogens with one attached hydrogen (secondary N) is 2. The van der Waals surface area contributed by atoms with E-state index < -0.39 is 5.82 Å². The number of aromatic amines is 1. The highest BCUT2D eigenvalue weighted by atomic mass is 19.1. The molecule has 0 radical (unpaired) electrons. The Labute approximate surface area is 107 Å². The molecule has 19 heavy (non-hydrogen) atoms. The number of Topliss-reactive ketones (excluding diaryl/α,β-unsaturated/α-hetero) is 1. The second kappa shape index (κ2) is 4.16. The first kappa shape index (κ1) is 11.3. The quantitative estimate of drug-likeness (QED) is 0.861. The van der Waals surface area contributed by atoms with Gasteiger partial charge in [-0.1, -0.05) is 6.07 Å². The van der Waals surface area contributed by atoms with Crippen molar-refractivity contribution in [3.05, 3.63) is 59.3 Å². The summed E-state index contributed by atoms with van der Waals surface area (Å²) in [5, 5.41) is 8.89. The Morgan fingerprint density at radius 1 is 1.26 bits per heavy atom. The maximum absolute atomic E-state index is 13.1. The first-order valence-electron chi connectivity index (χ1n) is 5.52. The van der Waals surface area contributed by atoms with Crippen LogP contribution >= 0.6 is 0 Å². The normalized spacial score (nSPS) is 14.1. The Hall–Kier alpha value is -2.76. The summed E-state index contributed by atoms with van der Waals surface area (Å²) in [7, 11) is 0. The third kappa shape index (κ3) is 1.93. The van der Waals surface area contributed by atoms with Crippen molar-refractivity contribution in [3.63, 3.8) is 0 Å². The van der Waals surface area contributed by atoms with Gasteiger partial charge in [0.2, 0.25) is 11.6 Å². The Balaban J connectivity index is 1.94. The molecule has 1 aliphatic rings. The number of fused-ring (bicyclic) bond motifs is 1. The summed E-state index contributed by atoms with van der Waals surface area (Å²) < 4.78 is 13.1. The van der Waals surface area contributed by atoms with Crippen LogP contribution in [0.5, 0.6) is 0 Å². The SMILES string of the molecule is O=C1C(Nc2cccc(F)c2)=CC(=O)c2[nH]ncc21. The van der Waals surface area contributed by atoms with Crippen LogP contribution in [0.3, 0.4) is 0 Å². The van der Waals surface area contributed by atoms with E-state index in [4.69, 9.17) is 0 Å². The minimum Gasteiger partial charge on any atom is -0.352 e. The monoisotopic (exact) mass is 257 g/mol. The Morgan fingerprint density at radius 3 is 2.89 bits per heavy atom. The van der Waals surface area contributed by atoms with E-state index in [1.165, 1.54) is 30.5 Å². The lowest BCUT2D eigenvalue weighted by Gasteiger charge is -2.13. The average Bonchev–Trinajstić information content (AvgIpc) is 2.85. The molecule has 0 amide bonds. The molecule has 0 fully saturated rings. The molecule has 0 spiro atoms. The van der Waals surface area contributed by atoms with Crippen molar-refractivity contribution in [3.8, 4) is 0 Å². The van der Waals surface area contributed by atoms with Crippen LogP contribution in [-0.2, 0) is 0 Å². The number of carbonyl (C=O) groups excluding carboxylic acids is 2. The van der Waals surface area contributed by atoms with Crippen LogP contribution < -0.4 is 5.32 Å². The van der Waals surface area contributed by atoms with Gasteiger partial charge in [0, 0.05) is 11.8 Å². The molecule has 2 aromatic rings. The van der Waals surface area contributed by atoms with Gasteiger partial charge < -0.3 is 5.32 Å². The van der Waals surface area contributed by atoms with E-state index in [9.17, 15) is 14.0 Å². The molecule has 5 nitrogen and oxygen atoms in total. The highest BCUT2D eigenvalue weighted by Gasteiger charge is 2.27. The largest absolute Gasteiger partial charge is 0.352 e. The Bertz CT molecular complexity index is 718. The molecule has 0 saturated heterocycles. The van der Waals surface area contributed by atoms with Gasteiger partial charge in [0.15, 0.2) is 0 Å². The van der Waals surface area contributed by atoms with E-state index in [-0.39, 0.29) is 28.5 Å². The molecule has 1 aromatic carbocycles. The fourth-order valence-corrected chi connectivity index (χ4v) is 1.87. The lowest BCUT2D eigenvalue weighted by Crippen LogP contribution is -2.20. The standard InChI is InChI=1S/C13H8FN3O2/c14-7-2-1-3-8(4-7)16-10-5-11(18)12-9(13(10)19)6-15-17-12/h1-6,16H,(H,15,17). The predicted octanol–water partition coefficient (Wildman–Crippen LogP) is 1.92. The maximum atomic E-state index is 13.1. The van der Waals surface area contributed by atoms with Gasteiger partial charge in [-0.15, -0.1) is 0 Å². The molecule has 0 aliphatic heterocycles. The van der Waals surface area contributed by atoms with E-state index in [0.717, 1.165) is 0 Å². The predicted molar refractivity (Wildman–Crippen MR) is 65.4 cm³/mol. The van der Waals surface area contributed by atoms with Gasteiger partial charge in [0.1, 0.15) is 11.5 Å². The smallest absolute Gasteiger partial charge is 0.213 e. The number of hydrogen-bond acceptors (Lipinski definition) is 4. The maximum Gasteiger partial charge on any atom is 0.213 e. The van der Waals surface area contributed by atoms with Crippen LogP contribution in [0.4, 0.5) is 10.1 Å². The number of nitrogens with zero attached hydrogens (tertiary/aromatic N) is 1. The zero-order valence-electron chi connectivity index (χ0n) is 9.61. The van der Waals surface area contributed by atoms with Gasteiger partial charge >= 0.3 is 0 Å².